The Balaban J connectivity index is 2.15. The predicted octanol–water partition coefficient (Wildman–Crippen LogP) is 3.96. The molecule has 0 fully saturated rings. The van der Waals surface area contributed by atoms with Crippen LogP contribution in [0.25, 0.3) is 0 Å². The van der Waals surface area contributed by atoms with E-state index in [2.05, 4.69) is 15.6 Å². The molecule has 0 bridgehead atoms. The van der Waals surface area contributed by atoms with Crippen molar-refractivity contribution in [3.05, 3.63) is 53.3 Å². The zero-order valence-electron chi connectivity index (χ0n) is 16.8. The maximum atomic E-state index is 13.8. The quantitative estimate of drug-likeness (QED) is 0.502. The molecule has 0 aromatic heterocycles. The summed E-state index contributed by atoms with van der Waals surface area (Å²) in [6, 6.07) is 10.5. The van der Waals surface area contributed by atoms with Crippen molar-refractivity contribution in [2.75, 3.05) is 32.7 Å². The summed E-state index contributed by atoms with van der Waals surface area (Å²) in [7, 11) is 3.15. The van der Waals surface area contributed by atoms with Crippen molar-refractivity contribution < 1.29 is 18.6 Å². The van der Waals surface area contributed by atoms with Crippen LogP contribution in [-0.2, 0) is 17.9 Å². The van der Waals surface area contributed by atoms with Crippen molar-refractivity contribution in [2.45, 2.75) is 27.0 Å². The molecule has 2 rings (SSSR count). The molecular weight excluding hydrogens is 361 g/mol. The van der Waals surface area contributed by atoms with E-state index in [1.165, 1.54) is 6.07 Å². The van der Waals surface area contributed by atoms with E-state index in [1.54, 1.807) is 26.4 Å². The largest absolute Gasteiger partial charge is 0.493 e. The molecule has 0 radical (unpaired) electrons. The molecule has 0 amide bonds. The molecule has 0 spiro atoms. The third-order valence-electron chi connectivity index (χ3n) is 3.90. The second-order valence-electron chi connectivity index (χ2n) is 5.98. The monoisotopic (exact) mass is 389 g/mol. The van der Waals surface area contributed by atoms with Gasteiger partial charge in [0.05, 0.1) is 26.9 Å². The maximum absolute atomic E-state index is 13.8. The number of rotatable bonds is 9. The number of halogens is 1. The molecule has 2 N–H and O–H groups in total. The molecular formula is C21H28FN3O3. The second kappa shape index (κ2) is 11.1. The number of methoxy groups -OCH3 is 2. The summed E-state index contributed by atoms with van der Waals surface area (Å²) in [4.78, 5) is 4.58. The van der Waals surface area contributed by atoms with Gasteiger partial charge in [0.1, 0.15) is 5.82 Å². The molecule has 2 aromatic carbocycles. The number of aliphatic imine (C=N–C) groups is 1. The molecule has 152 valence electrons. The zero-order chi connectivity index (χ0) is 20.4. The van der Waals surface area contributed by atoms with E-state index in [0.717, 1.165) is 11.3 Å². The molecule has 2 aromatic rings. The van der Waals surface area contributed by atoms with Crippen molar-refractivity contribution in [1.82, 2.24) is 5.32 Å². The molecule has 0 unspecified atom stereocenters. The molecule has 0 atom stereocenters. The van der Waals surface area contributed by atoms with Crippen LogP contribution in [0.15, 0.2) is 41.4 Å². The summed E-state index contributed by atoms with van der Waals surface area (Å²) in [5.41, 5.74) is 2.23. The third kappa shape index (κ3) is 6.13. The van der Waals surface area contributed by atoms with E-state index in [0.29, 0.717) is 42.7 Å². The molecule has 6 nitrogen and oxygen atoms in total. The second-order valence-corrected chi connectivity index (χ2v) is 5.98. The smallest absolute Gasteiger partial charge is 0.196 e. The Hall–Kier alpha value is -2.80. The first-order valence-electron chi connectivity index (χ1n) is 9.23. The normalized spacial score (nSPS) is 11.2. The zero-order valence-corrected chi connectivity index (χ0v) is 16.8. The van der Waals surface area contributed by atoms with E-state index < -0.39 is 0 Å². The fourth-order valence-corrected chi connectivity index (χ4v) is 2.63. The third-order valence-corrected chi connectivity index (χ3v) is 3.90. The van der Waals surface area contributed by atoms with Gasteiger partial charge in [-0.05, 0) is 43.7 Å². The summed E-state index contributed by atoms with van der Waals surface area (Å²) in [6.45, 7) is 5.82. The van der Waals surface area contributed by atoms with Gasteiger partial charge in [-0.2, -0.15) is 0 Å². The molecule has 0 saturated heterocycles. The minimum absolute atomic E-state index is 0.230. The van der Waals surface area contributed by atoms with E-state index in [9.17, 15) is 4.39 Å². The van der Waals surface area contributed by atoms with Crippen LogP contribution in [0, 0.1) is 5.82 Å². The van der Waals surface area contributed by atoms with Crippen molar-refractivity contribution in [2.24, 2.45) is 4.99 Å². The maximum Gasteiger partial charge on any atom is 0.196 e. The van der Waals surface area contributed by atoms with E-state index in [4.69, 9.17) is 14.2 Å². The van der Waals surface area contributed by atoms with Gasteiger partial charge in [-0.1, -0.05) is 6.07 Å². The molecule has 0 heterocycles. The summed E-state index contributed by atoms with van der Waals surface area (Å²) in [6.07, 6.45) is 0. The van der Waals surface area contributed by atoms with Crippen LogP contribution in [0.4, 0.5) is 10.1 Å². The van der Waals surface area contributed by atoms with Crippen LogP contribution in [0.2, 0.25) is 0 Å². The Morgan fingerprint density at radius 2 is 1.89 bits per heavy atom. The van der Waals surface area contributed by atoms with Crippen molar-refractivity contribution >= 4 is 11.6 Å². The number of hydrogen-bond acceptors (Lipinski definition) is 4. The van der Waals surface area contributed by atoms with E-state index >= 15 is 0 Å². The lowest BCUT2D eigenvalue weighted by Crippen LogP contribution is -2.30. The van der Waals surface area contributed by atoms with Crippen LogP contribution < -0.4 is 20.1 Å². The highest BCUT2D eigenvalue weighted by Gasteiger charge is 2.08. The first-order chi connectivity index (χ1) is 13.6. The standard InChI is InChI=1S/C21H28FN3O3/c1-5-23-21(24-13-15-7-9-18(22)16(11-15)14-26-3)25-17-8-10-19(28-6-2)20(12-17)27-4/h7-12H,5-6,13-14H2,1-4H3,(H2,23,24,25). The van der Waals surface area contributed by atoms with Crippen molar-refractivity contribution in [3.63, 3.8) is 0 Å². The molecule has 7 heteroatoms. The molecule has 0 aliphatic heterocycles. The number of hydrogen-bond donors (Lipinski definition) is 2. The minimum atomic E-state index is -0.277. The number of anilines is 1. The minimum Gasteiger partial charge on any atom is -0.493 e. The lowest BCUT2D eigenvalue weighted by Gasteiger charge is -2.14. The predicted molar refractivity (Wildman–Crippen MR) is 110 cm³/mol. The molecule has 0 aliphatic carbocycles. The van der Waals surface area contributed by atoms with Gasteiger partial charge in [-0.25, -0.2) is 9.38 Å². The average Bonchev–Trinajstić information content (AvgIpc) is 2.70. The highest BCUT2D eigenvalue weighted by molar-refractivity contribution is 5.93. The van der Waals surface area contributed by atoms with Crippen LogP contribution in [0.5, 0.6) is 11.5 Å². The topological polar surface area (TPSA) is 64.1 Å². The van der Waals surface area contributed by atoms with Gasteiger partial charge < -0.3 is 24.8 Å². The average molecular weight is 389 g/mol. The first kappa shape index (κ1) is 21.5. The number of nitrogens with one attached hydrogen (secondary N) is 2. The fraction of sp³-hybridized carbons (Fsp3) is 0.381. The van der Waals surface area contributed by atoms with Crippen LogP contribution in [-0.4, -0.2) is 33.3 Å². The summed E-state index contributed by atoms with van der Waals surface area (Å²) < 4.78 is 29.7. The van der Waals surface area contributed by atoms with Gasteiger partial charge in [0.15, 0.2) is 17.5 Å². The van der Waals surface area contributed by atoms with Gasteiger partial charge in [-0.15, -0.1) is 0 Å². The molecule has 0 aliphatic rings. The number of nitrogens with zero attached hydrogens (tertiary/aromatic N) is 1. The fourth-order valence-electron chi connectivity index (χ4n) is 2.63. The SMILES string of the molecule is CCNC(=NCc1ccc(F)c(COC)c1)Nc1ccc(OCC)c(OC)c1. The van der Waals surface area contributed by atoms with E-state index in [-0.39, 0.29) is 12.4 Å². The Morgan fingerprint density at radius 3 is 2.57 bits per heavy atom. The van der Waals surface area contributed by atoms with Crippen molar-refractivity contribution in [1.29, 1.82) is 0 Å². The highest BCUT2D eigenvalue weighted by Crippen LogP contribution is 2.30. The van der Waals surface area contributed by atoms with Gasteiger partial charge in [0.2, 0.25) is 0 Å². The lowest BCUT2D eigenvalue weighted by molar-refractivity contribution is 0.181. The lowest BCUT2D eigenvalue weighted by atomic mass is 10.1. The Labute approximate surface area is 165 Å². The molecule has 28 heavy (non-hydrogen) atoms. The van der Waals surface area contributed by atoms with Crippen LogP contribution >= 0.6 is 0 Å². The number of guanidine groups is 1. The molecule has 0 saturated carbocycles. The van der Waals surface area contributed by atoms with Gasteiger partial charge in [0.25, 0.3) is 0 Å². The van der Waals surface area contributed by atoms with Gasteiger partial charge >= 0.3 is 0 Å². The Morgan fingerprint density at radius 1 is 1.07 bits per heavy atom. The van der Waals surface area contributed by atoms with Gasteiger partial charge in [0, 0.05) is 31.0 Å². The summed E-state index contributed by atoms with van der Waals surface area (Å²) in [5.74, 6) is 1.67. The Kier molecular flexibility index (Phi) is 8.55. The first-order valence-corrected chi connectivity index (χ1v) is 9.23. The summed E-state index contributed by atoms with van der Waals surface area (Å²) in [5, 5.41) is 6.45. The number of ether oxygens (including phenoxy) is 3. The number of benzene rings is 2. The van der Waals surface area contributed by atoms with Crippen LogP contribution in [0.1, 0.15) is 25.0 Å². The highest BCUT2D eigenvalue weighted by atomic mass is 19.1. The Bertz CT molecular complexity index is 796. The van der Waals surface area contributed by atoms with Crippen molar-refractivity contribution in [3.8, 4) is 11.5 Å². The summed E-state index contributed by atoms with van der Waals surface area (Å²) >= 11 is 0. The van der Waals surface area contributed by atoms with Crippen LogP contribution in [0.3, 0.4) is 0 Å². The van der Waals surface area contributed by atoms with E-state index in [1.807, 2.05) is 32.0 Å². The van der Waals surface area contributed by atoms with Gasteiger partial charge in [-0.3, -0.25) is 0 Å².